The molecule has 0 fully saturated rings. The minimum absolute atomic E-state index is 0. The molecular weight excluding hydrogens is 483 g/mol. The van der Waals surface area contributed by atoms with Crippen LogP contribution in [0.4, 0.5) is 14.5 Å². The van der Waals surface area contributed by atoms with E-state index in [2.05, 4.69) is 15.6 Å². The number of aliphatic imine (C=N–C) groups is 1. The van der Waals surface area contributed by atoms with Gasteiger partial charge in [0.1, 0.15) is 12.4 Å². The number of hydrogen-bond donors (Lipinski definition) is 2. The Hall–Kier alpha value is -2.30. The van der Waals surface area contributed by atoms with Crippen molar-refractivity contribution in [2.75, 3.05) is 38.7 Å². The van der Waals surface area contributed by atoms with Crippen LogP contribution >= 0.6 is 24.0 Å². The number of halogens is 3. The van der Waals surface area contributed by atoms with Crippen LogP contribution in [0.25, 0.3) is 0 Å². The Bertz CT molecular complexity index is 821. The maximum Gasteiger partial charge on any atom is 0.195 e. The summed E-state index contributed by atoms with van der Waals surface area (Å²) in [7, 11) is 1.65. The highest BCUT2D eigenvalue weighted by atomic mass is 127. The Balaban J connectivity index is 0.00000280. The predicted molar refractivity (Wildman–Crippen MR) is 114 cm³/mol. The van der Waals surface area contributed by atoms with Gasteiger partial charge < -0.3 is 24.8 Å². The lowest BCUT2D eigenvalue weighted by molar-refractivity contribution is 0.297. The molecule has 0 atom stereocenters. The van der Waals surface area contributed by atoms with Crippen molar-refractivity contribution in [2.24, 2.45) is 4.99 Å². The van der Waals surface area contributed by atoms with Crippen LogP contribution in [0.15, 0.2) is 41.4 Å². The van der Waals surface area contributed by atoms with Gasteiger partial charge in [-0.15, -0.1) is 24.0 Å². The van der Waals surface area contributed by atoms with Crippen molar-refractivity contribution in [3.05, 3.63) is 48.0 Å². The Morgan fingerprint density at radius 2 is 1.86 bits per heavy atom. The smallest absolute Gasteiger partial charge is 0.195 e. The molecule has 1 aliphatic heterocycles. The fourth-order valence-corrected chi connectivity index (χ4v) is 2.46. The molecule has 0 bridgehead atoms. The summed E-state index contributed by atoms with van der Waals surface area (Å²) in [5.41, 5.74) is 0.800. The standard InChI is InChI=1S/C19H21F2N3O3.HI/c1-22-19(23-7-10-25-14-4-5-15(20)16(21)12-14)24-13-3-6-17-18(11-13)27-9-2-8-26-17;/h3-6,11-12H,2,7-10H2,1H3,(H2,22,23,24);1H. The lowest BCUT2D eigenvalue weighted by Crippen LogP contribution is -2.33. The van der Waals surface area contributed by atoms with Gasteiger partial charge in [-0.1, -0.05) is 0 Å². The zero-order valence-corrected chi connectivity index (χ0v) is 17.7. The average Bonchev–Trinajstić information content (AvgIpc) is 2.92. The minimum Gasteiger partial charge on any atom is -0.492 e. The third-order valence-corrected chi connectivity index (χ3v) is 3.79. The van der Waals surface area contributed by atoms with Crippen LogP contribution in [-0.4, -0.2) is 39.4 Å². The third kappa shape index (κ3) is 6.11. The lowest BCUT2D eigenvalue weighted by Gasteiger charge is -2.14. The lowest BCUT2D eigenvalue weighted by atomic mass is 10.3. The van der Waals surface area contributed by atoms with Gasteiger partial charge in [-0.25, -0.2) is 8.78 Å². The largest absolute Gasteiger partial charge is 0.492 e. The number of anilines is 1. The summed E-state index contributed by atoms with van der Waals surface area (Å²) in [6.07, 6.45) is 0.846. The molecule has 0 aliphatic carbocycles. The SMILES string of the molecule is CN=C(NCCOc1ccc(F)c(F)c1)Nc1ccc2c(c1)OCCCO2.I. The Morgan fingerprint density at radius 3 is 2.61 bits per heavy atom. The minimum atomic E-state index is -0.938. The summed E-state index contributed by atoms with van der Waals surface area (Å²) >= 11 is 0. The van der Waals surface area contributed by atoms with E-state index in [9.17, 15) is 8.78 Å². The van der Waals surface area contributed by atoms with Crippen LogP contribution in [0, 0.1) is 11.6 Å². The highest BCUT2D eigenvalue weighted by molar-refractivity contribution is 14.0. The van der Waals surface area contributed by atoms with Crippen LogP contribution < -0.4 is 24.8 Å². The second-order valence-corrected chi connectivity index (χ2v) is 5.76. The van der Waals surface area contributed by atoms with E-state index in [0.29, 0.717) is 31.5 Å². The molecule has 2 aromatic rings. The molecular formula is C19H22F2IN3O3. The molecule has 9 heteroatoms. The molecule has 0 unspecified atom stereocenters. The number of nitrogens with zero attached hydrogens (tertiary/aromatic N) is 1. The Kier molecular flexibility index (Phi) is 8.55. The summed E-state index contributed by atoms with van der Waals surface area (Å²) < 4.78 is 42.7. The molecule has 0 saturated carbocycles. The first-order valence-electron chi connectivity index (χ1n) is 8.61. The van der Waals surface area contributed by atoms with E-state index in [1.807, 2.05) is 18.2 Å². The maximum absolute atomic E-state index is 13.1. The van der Waals surface area contributed by atoms with Crippen molar-refractivity contribution in [1.82, 2.24) is 5.32 Å². The van der Waals surface area contributed by atoms with Crippen LogP contribution in [0.5, 0.6) is 17.2 Å². The van der Waals surface area contributed by atoms with Crippen molar-refractivity contribution in [1.29, 1.82) is 0 Å². The van der Waals surface area contributed by atoms with Gasteiger partial charge in [0.15, 0.2) is 29.1 Å². The molecule has 1 aliphatic rings. The molecule has 0 saturated heterocycles. The molecule has 0 radical (unpaired) electrons. The highest BCUT2D eigenvalue weighted by Gasteiger charge is 2.11. The van der Waals surface area contributed by atoms with Gasteiger partial charge in [0.25, 0.3) is 0 Å². The van der Waals surface area contributed by atoms with Gasteiger partial charge in [-0.3, -0.25) is 4.99 Å². The molecule has 1 heterocycles. The summed E-state index contributed by atoms with van der Waals surface area (Å²) in [6.45, 7) is 1.93. The molecule has 6 nitrogen and oxygen atoms in total. The van der Waals surface area contributed by atoms with E-state index in [0.717, 1.165) is 30.0 Å². The van der Waals surface area contributed by atoms with E-state index in [-0.39, 0.29) is 36.3 Å². The monoisotopic (exact) mass is 505 g/mol. The number of fused-ring (bicyclic) bond motifs is 1. The van der Waals surface area contributed by atoms with Gasteiger partial charge in [-0.2, -0.15) is 0 Å². The average molecular weight is 505 g/mol. The summed E-state index contributed by atoms with van der Waals surface area (Å²) in [5, 5.41) is 6.23. The summed E-state index contributed by atoms with van der Waals surface area (Å²) in [5.74, 6) is 0.378. The van der Waals surface area contributed by atoms with Crippen molar-refractivity contribution in [2.45, 2.75) is 6.42 Å². The van der Waals surface area contributed by atoms with Crippen molar-refractivity contribution in [3.8, 4) is 17.2 Å². The number of hydrogen-bond acceptors (Lipinski definition) is 4. The maximum atomic E-state index is 13.1. The van der Waals surface area contributed by atoms with E-state index in [4.69, 9.17) is 14.2 Å². The zero-order chi connectivity index (χ0) is 19.1. The van der Waals surface area contributed by atoms with Crippen LogP contribution in [0.2, 0.25) is 0 Å². The number of ether oxygens (including phenoxy) is 3. The van der Waals surface area contributed by atoms with Gasteiger partial charge in [0, 0.05) is 31.3 Å². The molecule has 2 aromatic carbocycles. The molecule has 2 N–H and O–H groups in total. The summed E-state index contributed by atoms with van der Waals surface area (Å²) in [6, 6.07) is 9.00. The molecule has 0 spiro atoms. The molecule has 3 rings (SSSR count). The fraction of sp³-hybridized carbons (Fsp3) is 0.316. The number of rotatable bonds is 5. The van der Waals surface area contributed by atoms with Crippen LogP contribution in [0.1, 0.15) is 6.42 Å². The fourth-order valence-electron chi connectivity index (χ4n) is 2.46. The summed E-state index contributed by atoms with van der Waals surface area (Å²) in [4.78, 5) is 4.14. The highest BCUT2D eigenvalue weighted by Crippen LogP contribution is 2.32. The Labute approximate surface area is 179 Å². The molecule has 0 amide bonds. The van der Waals surface area contributed by atoms with Crippen molar-refractivity contribution >= 4 is 35.6 Å². The first kappa shape index (κ1) is 22.0. The van der Waals surface area contributed by atoms with Crippen LogP contribution in [0.3, 0.4) is 0 Å². The van der Waals surface area contributed by atoms with Gasteiger partial charge in [-0.05, 0) is 24.3 Å². The number of guanidine groups is 1. The van der Waals surface area contributed by atoms with Crippen LogP contribution in [-0.2, 0) is 0 Å². The first-order valence-corrected chi connectivity index (χ1v) is 8.61. The second kappa shape index (κ2) is 10.9. The molecule has 152 valence electrons. The van der Waals surface area contributed by atoms with Gasteiger partial charge in [0.2, 0.25) is 0 Å². The van der Waals surface area contributed by atoms with E-state index < -0.39 is 11.6 Å². The first-order chi connectivity index (χ1) is 13.2. The number of benzene rings is 2. The van der Waals surface area contributed by atoms with Gasteiger partial charge >= 0.3 is 0 Å². The Morgan fingerprint density at radius 1 is 1.07 bits per heavy atom. The zero-order valence-electron chi connectivity index (χ0n) is 15.3. The van der Waals surface area contributed by atoms with E-state index in [1.165, 1.54) is 6.07 Å². The van der Waals surface area contributed by atoms with Crippen molar-refractivity contribution in [3.63, 3.8) is 0 Å². The van der Waals surface area contributed by atoms with E-state index in [1.54, 1.807) is 7.05 Å². The van der Waals surface area contributed by atoms with Crippen molar-refractivity contribution < 1.29 is 23.0 Å². The van der Waals surface area contributed by atoms with E-state index >= 15 is 0 Å². The second-order valence-electron chi connectivity index (χ2n) is 5.76. The normalized spacial score (nSPS) is 13.2. The third-order valence-electron chi connectivity index (χ3n) is 3.79. The predicted octanol–water partition coefficient (Wildman–Crippen LogP) is 3.81. The molecule has 0 aromatic heterocycles. The quantitative estimate of drug-likeness (QED) is 0.280. The number of nitrogens with one attached hydrogen (secondary N) is 2. The molecule has 28 heavy (non-hydrogen) atoms. The topological polar surface area (TPSA) is 64.1 Å². The van der Waals surface area contributed by atoms with Gasteiger partial charge in [0.05, 0.1) is 19.8 Å².